The molecule has 2 nitrogen and oxygen atoms in total. The first-order valence-electron chi connectivity index (χ1n) is 2.51. The van der Waals surface area contributed by atoms with E-state index in [0.29, 0.717) is 12.4 Å². The lowest BCUT2D eigenvalue weighted by Gasteiger charge is -1.97. The van der Waals surface area contributed by atoms with Gasteiger partial charge in [-0.1, -0.05) is 6.58 Å². The second kappa shape index (κ2) is 4.24. The van der Waals surface area contributed by atoms with Gasteiger partial charge < -0.3 is 10.5 Å². The third-order valence-corrected chi connectivity index (χ3v) is 0.612. The lowest BCUT2D eigenvalue weighted by molar-refractivity contribution is 0.244. The molecule has 0 saturated heterocycles. The van der Waals surface area contributed by atoms with E-state index in [1.54, 1.807) is 6.08 Å². The average molecular weight is 113 g/mol. The minimum atomic E-state index is 0.606. The molecule has 0 aromatic rings. The summed E-state index contributed by atoms with van der Waals surface area (Å²) in [6.07, 6.45) is 3.02. The van der Waals surface area contributed by atoms with Crippen LogP contribution in [0.1, 0.15) is 6.92 Å². The van der Waals surface area contributed by atoms with Crippen LogP contribution >= 0.6 is 0 Å². The molecule has 0 atom stereocenters. The van der Waals surface area contributed by atoms with E-state index >= 15 is 0 Å². The molecule has 0 aliphatic heterocycles. The van der Waals surface area contributed by atoms with Crippen LogP contribution in [0.2, 0.25) is 0 Å². The Bertz CT molecular complexity index is 96.7. The fourth-order valence-electron chi connectivity index (χ4n) is 0.341. The topological polar surface area (TPSA) is 35.2 Å². The van der Waals surface area contributed by atoms with E-state index in [-0.39, 0.29) is 0 Å². The summed E-state index contributed by atoms with van der Waals surface area (Å²) < 4.78 is 4.92. The van der Waals surface area contributed by atoms with Crippen LogP contribution in [0, 0.1) is 0 Å². The number of hydrogen-bond acceptors (Lipinski definition) is 2. The molecular weight excluding hydrogens is 102 g/mol. The first-order valence-corrected chi connectivity index (χ1v) is 2.51. The van der Waals surface area contributed by atoms with Gasteiger partial charge in [0.05, 0.1) is 6.61 Å². The molecule has 0 bridgehead atoms. The summed E-state index contributed by atoms with van der Waals surface area (Å²) >= 11 is 0. The molecule has 46 valence electrons. The summed E-state index contributed by atoms with van der Waals surface area (Å²) in [6.45, 7) is 6.09. The lowest BCUT2D eigenvalue weighted by atomic mass is 10.5. The first kappa shape index (κ1) is 7.08. The van der Waals surface area contributed by atoms with Gasteiger partial charge in [0, 0.05) is 0 Å². The third-order valence-electron chi connectivity index (χ3n) is 0.612. The van der Waals surface area contributed by atoms with Gasteiger partial charge in [-0.3, -0.25) is 0 Å². The Morgan fingerprint density at radius 1 is 1.88 bits per heavy atom. The third kappa shape index (κ3) is 3.28. The summed E-state index contributed by atoms with van der Waals surface area (Å²) in [4.78, 5) is 0. The van der Waals surface area contributed by atoms with Crippen molar-refractivity contribution in [3.8, 4) is 0 Å². The Hall–Kier alpha value is -0.920. The minimum absolute atomic E-state index is 0.606. The highest BCUT2D eigenvalue weighted by Crippen LogP contribution is 1.91. The molecule has 8 heavy (non-hydrogen) atoms. The Kier molecular flexibility index (Phi) is 3.76. The summed E-state index contributed by atoms with van der Waals surface area (Å²) in [7, 11) is 0. The molecule has 2 heteroatoms. The van der Waals surface area contributed by atoms with Gasteiger partial charge in [-0.2, -0.15) is 0 Å². The van der Waals surface area contributed by atoms with Crippen molar-refractivity contribution in [3.63, 3.8) is 0 Å². The number of allylic oxidation sites excluding steroid dienone is 1. The lowest BCUT2D eigenvalue weighted by Crippen LogP contribution is -1.86. The molecule has 0 fully saturated rings. The van der Waals surface area contributed by atoms with E-state index in [2.05, 4.69) is 6.58 Å². The summed E-state index contributed by atoms with van der Waals surface area (Å²) in [5.41, 5.74) is 5.04. The van der Waals surface area contributed by atoms with Crippen LogP contribution in [0.15, 0.2) is 24.6 Å². The number of ether oxygens (including phenoxy) is 1. The van der Waals surface area contributed by atoms with Crippen LogP contribution in [0.5, 0.6) is 0 Å². The van der Waals surface area contributed by atoms with E-state index in [1.165, 1.54) is 6.20 Å². The Labute approximate surface area is 49.6 Å². The summed E-state index contributed by atoms with van der Waals surface area (Å²) in [6, 6.07) is 0. The van der Waals surface area contributed by atoms with Crippen LogP contribution in [0.4, 0.5) is 0 Å². The van der Waals surface area contributed by atoms with Crippen molar-refractivity contribution in [3.05, 3.63) is 24.6 Å². The highest BCUT2D eigenvalue weighted by atomic mass is 16.5. The molecule has 0 radical (unpaired) electrons. The predicted molar refractivity (Wildman–Crippen MR) is 34.1 cm³/mol. The smallest absolute Gasteiger partial charge is 0.113 e. The Balaban J connectivity index is 3.33. The van der Waals surface area contributed by atoms with Crippen molar-refractivity contribution in [2.75, 3.05) is 6.61 Å². The van der Waals surface area contributed by atoms with Crippen LogP contribution in [-0.2, 0) is 4.74 Å². The van der Waals surface area contributed by atoms with Crippen molar-refractivity contribution < 1.29 is 4.74 Å². The van der Waals surface area contributed by atoms with Crippen molar-refractivity contribution in [2.45, 2.75) is 6.92 Å². The molecule has 2 N–H and O–H groups in total. The molecule has 0 aromatic heterocycles. The average Bonchev–Trinajstić information content (AvgIpc) is 1.68. The van der Waals surface area contributed by atoms with E-state index in [9.17, 15) is 0 Å². The van der Waals surface area contributed by atoms with Gasteiger partial charge in [0.2, 0.25) is 0 Å². The number of nitrogens with two attached hydrogens (primary N) is 1. The maximum Gasteiger partial charge on any atom is 0.113 e. The molecular formula is C6H11NO. The SMILES string of the molecule is C=C(C=CN)OCC. The van der Waals surface area contributed by atoms with Gasteiger partial charge in [0.15, 0.2) is 0 Å². The van der Waals surface area contributed by atoms with Gasteiger partial charge in [-0.05, 0) is 19.2 Å². The summed E-state index contributed by atoms with van der Waals surface area (Å²) in [5.74, 6) is 0.606. The Morgan fingerprint density at radius 3 is 2.88 bits per heavy atom. The molecule has 0 saturated carbocycles. The van der Waals surface area contributed by atoms with Crippen LogP contribution in [0.25, 0.3) is 0 Å². The van der Waals surface area contributed by atoms with E-state index < -0.39 is 0 Å². The van der Waals surface area contributed by atoms with E-state index in [1.807, 2.05) is 6.92 Å². The molecule has 0 unspecified atom stereocenters. The zero-order chi connectivity index (χ0) is 6.41. The van der Waals surface area contributed by atoms with Gasteiger partial charge in [-0.25, -0.2) is 0 Å². The highest BCUT2D eigenvalue weighted by molar-refractivity contribution is 5.04. The van der Waals surface area contributed by atoms with Gasteiger partial charge >= 0.3 is 0 Å². The number of rotatable bonds is 3. The number of hydrogen-bond donors (Lipinski definition) is 1. The normalized spacial score (nSPS) is 9.62. The van der Waals surface area contributed by atoms with Crippen molar-refractivity contribution in [1.82, 2.24) is 0 Å². The molecule has 0 aliphatic carbocycles. The molecule has 0 heterocycles. The minimum Gasteiger partial charge on any atom is -0.494 e. The fraction of sp³-hybridized carbons (Fsp3) is 0.333. The molecule has 0 aromatic carbocycles. The maximum atomic E-state index is 5.04. The van der Waals surface area contributed by atoms with Crippen LogP contribution in [0.3, 0.4) is 0 Å². The zero-order valence-electron chi connectivity index (χ0n) is 5.05. The van der Waals surface area contributed by atoms with Crippen molar-refractivity contribution in [2.24, 2.45) is 5.73 Å². The van der Waals surface area contributed by atoms with Crippen LogP contribution < -0.4 is 5.73 Å². The standard InChI is InChI=1S/C6H11NO/c1-3-8-6(2)4-5-7/h4-5H,2-3,7H2,1H3. The Morgan fingerprint density at radius 2 is 2.50 bits per heavy atom. The molecule has 0 aliphatic rings. The van der Waals surface area contributed by atoms with Gasteiger partial charge in [0.1, 0.15) is 5.76 Å². The van der Waals surface area contributed by atoms with Crippen LogP contribution in [-0.4, -0.2) is 6.61 Å². The molecule has 0 spiro atoms. The second-order valence-corrected chi connectivity index (χ2v) is 1.26. The first-order chi connectivity index (χ1) is 3.81. The monoisotopic (exact) mass is 113 g/mol. The zero-order valence-corrected chi connectivity index (χ0v) is 5.05. The molecule has 0 amide bonds. The summed E-state index contributed by atoms with van der Waals surface area (Å²) in [5, 5.41) is 0. The molecule has 0 rings (SSSR count). The van der Waals surface area contributed by atoms with E-state index in [4.69, 9.17) is 10.5 Å². The van der Waals surface area contributed by atoms with Crippen molar-refractivity contribution >= 4 is 0 Å². The maximum absolute atomic E-state index is 5.04. The van der Waals surface area contributed by atoms with Gasteiger partial charge in [-0.15, -0.1) is 0 Å². The largest absolute Gasteiger partial charge is 0.494 e. The van der Waals surface area contributed by atoms with E-state index in [0.717, 1.165) is 0 Å². The van der Waals surface area contributed by atoms with Crippen molar-refractivity contribution in [1.29, 1.82) is 0 Å². The highest BCUT2D eigenvalue weighted by Gasteiger charge is 1.79. The predicted octanol–water partition coefficient (Wildman–Crippen LogP) is 1.01. The van der Waals surface area contributed by atoms with Gasteiger partial charge in [0.25, 0.3) is 0 Å². The second-order valence-electron chi connectivity index (χ2n) is 1.26. The fourth-order valence-corrected chi connectivity index (χ4v) is 0.341. The quantitative estimate of drug-likeness (QED) is 0.438.